The molecule has 0 spiro atoms. The second-order valence-corrected chi connectivity index (χ2v) is 3.83. The molecule has 0 unspecified atom stereocenters. The summed E-state index contributed by atoms with van der Waals surface area (Å²) in [6, 6.07) is 5.22. The number of nitrogens with two attached hydrogens (primary N) is 1. The lowest BCUT2D eigenvalue weighted by Gasteiger charge is -2.11. The molecule has 0 aromatic heterocycles. The van der Waals surface area contributed by atoms with E-state index in [2.05, 4.69) is 0 Å². The van der Waals surface area contributed by atoms with Crippen LogP contribution in [-0.4, -0.2) is 33.3 Å². The van der Waals surface area contributed by atoms with Crippen LogP contribution in [0.25, 0.3) is 0 Å². The summed E-state index contributed by atoms with van der Waals surface area (Å²) in [6.07, 6.45) is 1.88. The Labute approximate surface area is 107 Å². The molecule has 1 rings (SSSR count). The van der Waals surface area contributed by atoms with E-state index < -0.39 is 0 Å². The number of nitrogens with one attached hydrogen (secondary N) is 1. The third kappa shape index (κ3) is 4.25. The SMILES string of the molecule is COCCCCOc1ccc(C(=N)N)cc1OC. The van der Waals surface area contributed by atoms with Crippen LogP contribution in [0.3, 0.4) is 0 Å². The van der Waals surface area contributed by atoms with E-state index in [1.807, 2.05) is 0 Å². The molecule has 0 fully saturated rings. The molecule has 0 heterocycles. The molecule has 0 aliphatic rings. The van der Waals surface area contributed by atoms with Gasteiger partial charge in [-0.3, -0.25) is 5.41 Å². The van der Waals surface area contributed by atoms with Gasteiger partial charge in [0.2, 0.25) is 0 Å². The molecule has 5 nitrogen and oxygen atoms in total. The lowest BCUT2D eigenvalue weighted by atomic mass is 10.2. The summed E-state index contributed by atoms with van der Waals surface area (Å²) < 4.78 is 15.8. The van der Waals surface area contributed by atoms with Crippen molar-refractivity contribution in [2.75, 3.05) is 27.4 Å². The van der Waals surface area contributed by atoms with E-state index in [1.54, 1.807) is 32.4 Å². The topological polar surface area (TPSA) is 77.6 Å². The molecule has 0 bridgehead atoms. The minimum absolute atomic E-state index is 0.0138. The Hall–Kier alpha value is -1.75. The summed E-state index contributed by atoms with van der Waals surface area (Å²) in [7, 11) is 3.25. The number of nitrogen functional groups attached to an aromatic ring is 1. The van der Waals surface area contributed by atoms with Crippen molar-refractivity contribution < 1.29 is 14.2 Å². The minimum Gasteiger partial charge on any atom is -0.493 e. The number of rotatable bonds is 8. The molecule has 0 amide bonds. The van der Waals surface area contributed by atoms with Gasteiger partial charge in [0.15, 0.2) is 11.5 Å². The lowest BCUT2D eigenvalue weighted by molar-refractivity contribution is 0.183. The third-order valence-electron chi connectivity index (χ3n) is 2.47. The molecule has 0 radical (unpaired) electrons. The average molecular weight is 252 g/mol. The number of hydrogen-bond acceptors (Lipinski definition) is 4. The number of ether oxygens (including phenoxy) is 3. The zero-order valence-electron chi connectivity index (χ0n) is 10.9. The predicted octanol–water partition coefficient (Wildman–Crippen LogP) is 1.78. The molecule has 0 atom stereocenters. The summed E-state index contributed by atoms with van der Waals surface area (Å²) in [4.78, 5) is 0. The van der Waals surface area contributed by atoms with Gasteiger partial charge >= 0.3 is 0 Å². The van der Waals surface area contributed by atoms with E-state index in [0.29, 0.717) is 23.7 Å². The highest BCUT2D eigenvalue weighted by Crippen LogP contribution is 2.28. The van der Waals surface area contributed by atoms with Crippen molar-refractivity contribution in [3.05, 3.63) is 23.8 Å². The summed E-state index contributed by atoms with van der Waals surface area (Å²) in [5, 5.41) is 7.36. The first kappa shape index (κ1) is 14.3. The van der Waals surface area contributed by atoms with Crippen molar-refractivity contribution in [2.24, 2.45) is 5.73 Å². The fourth-order valence-electron chi connectivity index (χ4n) is 1.48. The molecule has 1 aromatic rings. The van der Waals surface area contributed by atoms with Gasteiger partial charge in [0.05, 0.1) is 13.7 Å². The first-order valence-electron chi connectivity index (χ1n) is 5.83. The number of amidine groups is 1. The number of hydrogen-bond donors (Lipinski definition) is 2. The van der Waals surface area contributed by atoms with Crippen LogP contribution >= 0.6 is 0 Å². The van der Waals surface area contributed by atoms with Crippen molar-refractivity contribution in [3.63, 3.8) is 0 Å². The van der Waals surface area contributed by atoms with E-state index in [4.69, 9.17) is 25.4 Å². The maximum absolute atomic E-state index is 7.36. The number of benzene rings is 1. The molecule has 0 saturated carbocycles. The van der Waals surface area contributed by atoms with E-state index in [-0.39, 0.29) is 5.84 Å². The third-order valence-corrected chi connectivity index (χ3v) is 2.47. The molecular weight excluding hydrogens is 232 g/mol. The monoisotopic (exact) mass is 252 g/mol. The van der Waals surface area contributed by atoms with Crippen LogP contribution in [0.15, 0.2) is 18.2 Å². The number of unbranched alkanes of at least 4 members (excludes halogenated alkanes) is 1. The van der Waals surface area contributed by atoms with Crippen LogP contribution in [0.1, 0.15) is 18.4 Å². The van der Waals surface area contributed by atoms with Gasteiger partial charge in [0.25, 0.3) is 0 Å². The van der Waals surface area contributed by atoms with Gasteiger partial charge in [-0.15, -0.1) is 0 Å². The van der Waals surface area contributed by atoms with E-state index >= 15 is 0 Å². The van der Waals surface area contributed by atoms with Crippen LogP contribution in [-0.2, 0) is 4.74 Å². The highest BCUT2D eigenvalue weighted by atomic mass is 16.5. The summed E-state index contributed by atoms with van der Waals surface area (Å²) in [6.45, 7) is 1.35. The summed E-state index contributed by atoms with van der Waals surface area (Å²) >= 11 is 0. The Morgan fingerprint density at radius 3 is 2.50 bits per heavy atom. The van der Waals surface area contributed by atoms with Gasteiger partial charge < -0.3 is 19.9 Å². The van der Waals surface area contributed by atoms with E-state index in [9.17, 15) is 0 Å². The van der Waals surface area contributed by atoms with Gasteiger partial charge in [0, 0.05) is 19.3 Å². The fraction of sp³-hybridized carbons (Fsp3) is 0.462. The van der Waals surface area contributed by atoms with Gasteiger partial charge in [-0.25, -0.2) is 0 Å². The fourth-order valence-corrected chi connectivity index (χ4v) is 1.48. The maximum atomic E-state index is 7.36. The molecule has 0 aliphatic heterocycles. The molecule has 3 N–H and O–H groups in total. The second kappa shape index (κ2) is 7.55. The first-order valence-corrected chi connectivity index (χ1v) is 5.83. The quantitative estimate of drug-likeness (QED) is 0.420. The molecule has 0 saturated heterocycles. The maximum Gasteiger partial charge on any atom is 0.161 e. The minimum atomic E-state index is 0.0138. The highest BCUT2D eigenvalue weighted by Gasteiger charge is 2.07. The lowest BCUT2D eigenvalue weighted by Crippen LogP contribution is -2.11. The molecular formula is C13H20N2O3. The van der Waals surface area contributed by atoms with Crippen molar-refractivity contribution in [1.82, 2.24) is 0 Å². The van der Waals surface area contributed by atoms with Crippen LogP contribution in [0, 0.1) is 5.41 Å². The summed E-state index contributed by atoms with van der Waals surface area (Å²) in [5.41, 5.74) is 6.04. The Morgan fingerprint density at radius 1 is 1.17 bits per heavy atom. The molecule has 1 aromatic carbocycles. The van der Waals surface area contributed by atoms with Gasteiger partial charge in [-0.1, -0.05) is 0 Å². The van der Waals surface area contributed by atoms with Crippen molar-refractivity contribution in [3.8, 4) is 11.5 Å². The highest BCUT2D eigenvalue weighted by molar-refractivity contribution is 5.95. The number of methoxy groups -OCH3 is 2. The van der Waals surface area contributed by atoms with Gasteiger partial charge in [0.1, 0.15) is 5.84 Å². The Balaban J connectivity index is 2.57. The standard InChI is InChI=1S/C13H20N2O3/c1-16-7-3-4-8-18-11-6-5-10(13(14)15)9-12(11)17-2/h5-6,9H,3-4,7-8H2,1-2H3,(H3,14,15). The van der Waals surface area contributed by atoms with Crippen LogP contribution in [0.4, 0.5) is 0 Å². The second-order valence-electron chi connectivity index (χ2n) is 3.83. The average Bonchev–Trinajstić information content (AvgIpc) is 2.38. The van der Waals surface area contributed by atoms with Crippen LogP contribution < -0.4 is 15.2 Å². The largest absolute Gasteiger partial charge is 0.493 e. The smallest absolute Gasteiger partial charge is 0.161 e. The Kier molecular flexibility index (Phi) is 6.00. The Morgan fingerprint density at radius 2 is 1.89 bits per heavy atom. The molecule has 18 heavy (non-hydrogen) atoms. The van der Waals surface area contributed by atoms with Crippen LogP contribution in [0.2, 0.25) is 0 Å². The predicted molar refractivity (Wildman–Crippen MR) is 70.6 cm³/mol. The van der Waals surface area contributed by atoms with E-state index in [0.717, 1.165) is 19.4 Å². The zero-order valence-corrected chi connectivity index (χ0v) is 10.9. The summed E-state index contributed by atoms with van der Waals surface area (Å²) in [5.74, 6) is 1.27. The molecule has 100 valence electrons. The molecule has 5 heteroatoms. The Bertz CT molecular complexity index is 394. The van der Waals surface area contributed by atoms with Gasteiger partial charge in [-0.05, 0) is 31.0 Å². The normalized spacial score (nSPS) is 10.1. The molecule has 0 aliphatic carbocycles. The van der Waals surface area contributed by atoms with Crippen molar-refractivity contribution >= 4 is 5.84 Å². The first-order chi connectivity index (χ1) is 8.69. The zero-order chi connectivity index (χ0) is 13.4. The van der Waals surface area contributed by atoms with Crippen LogP contribution in [0.5, 0.6) is 11.5 Å². The van der Waals surface area contributed by atoms with Crippen molar-refractivity contribution in [2.45, 2.75) is 12.8 Å². The van der Waals surface area contributed by atoms with Crippen molar-refractivity contribution in [1.29, 1.82) is 5.41 Å². The van der Waals surface area contributed by atoms with Gasteiger partial charge in [-0.2, -0.15) is 0 Å². The van der Waals surface area contributed by atoms with E-state index in [1.165, 1.54) is 0 Å².